The van der Waals surface area contributed by atoms with E-state index in [0.29, 0.717) is 5.92 Å². The van der Waals surface area contributed by atoms with Crippen LogP contribution in [-0.2, 0) is 0 Å². The van der Waals surface area contributed by atoms with Crippen LogP contribution in [0.4, 0.5) is 10.2 Å². The van der Waals surface area contributed by atoms with E-state index in [1.807, 2.05) is 35.7 Å². The fourth-order valence-corrected chi connectivity index (χ4v) is 3.47. The van der Waals surface area contributed by atoms with E-state index in [4.69, 9.17) is 0 Å². The number of nitrogens with zero attached hydrogens (tertiary/aromatic N) is 4. The third-order valence-corrected chi connectivity index (χ3v) is 4.69. The zero-order valence-corrected chi connectivity index (χ0v) is 14.3. The van der Waals surface area contributed by atoms with E-state index in [2.05, 4.69) is 32.9 Å². The van der Waals surface area contributed by atoms with E-state index in [0.717, 1.165) is 35.8 Å². The number of hydrazine groups is 1. The van der Waals surface area contributed by atoms with Gasteiger partial charge >= 0.3 is 0 Å². The molecule has 0 spiro atoms. The maximum Gasteiger partial charge on any atom is 0.157 e. The number of anilines is 1. The van der Waals surface area contributed by atoms with Crippen molar-refractivity contribution < 1.29 is 4.39 Å². The molecule has 0 radical (unpaired) electrons. The minimum Gasteiger partial charge on any atom is -0.359 e. The molecular formula is C18H21FN6. The topological polar surface area (TPSA) is 57.5 Å². The number of fused-ring (bicyclic) bond motifs is 1. The van der Waals surface area contributed by atoms with Crippen LogP contribution in [0.25, 0.3) is 5.65 Å². The van der Waals surface area contributed by atoms with Crippen molar-refractivity contribution in [3.63, 3.8) is 0 Å². The van der Waals surface area contributed by atoms with Gasteiger partial charge < -0.3 is 4.90 Å². The second-order valence-electron chi connectivity index (χ2n) is 6.55. The highest BCUT2D eigenvalue weighted by molar-refractivity contribution is 5.50. The molecule has 1 fully saturated rings. The zero-order chi connectivity index (χ0) is 17.4. The highest BCUT2D eigenvalue weighted by Crippen LogP contribution is 2.27. The lowest BCUT2D eigenvalue weighted by atomic mass is 9.94. The van der Waals surface area contributed by atoms with Gasteiger partial charge in [0, 0.05) is 43.9 Å². The van der Waals surface area contributed by atoms with E-state index in [9.17, 15) is 4.39 Å². The van der Waals surface area contributed by atoms with Gasteiger partial charge in [0.1, 0.15) is 11.6 Å². The number of benzene rings is 1. The van der Waals surface area contributed by atoms with Crippen molar-refractivity contribution in [1.29, 1.82) is 0 Å². The first-order valence-electron chi connectivity index (χ1n) is 8.38. The summed E-state index contributed by atoms with van der Waals surface area (Å²) in [6.07, 6.45) is 1.76. The fraction of sp³-hybridized carbons (Fsp3) is 0.333. The lowest BCUT2D eigenvalue weighted by Crippen LogP contribution is -2.31. The summed E-state index contributed by atoms with van der Waals surface area (Å²) >= 11 is 0. The lowest BCUT2D eigenvalue weighted by molar-refractivity contribution is 0.473. The third-order valence-electron chi connectivity index (χ3n) is 4.69. The summed E-state index contributed by atoms with van der Waals surface area (Å²) in [6, 6.07) is 10.8. The van der Waals surface area contributed by atoms with Gasteiger partial charge in [0.2, 0.25) is 0 Å². The molecule has 2 N–H and O–H groups in total. The molecule has 25 heavy (non-hydrogen) atoms. The molecule has 7 heteroatoms. The first kappa shape index (κ1) is 16.0. The number of hydrogen-bond donors (Lipinski definition) is 2. The van der Waals surface area contributed by atoms with Gasteiger partial charge in [-0.15, -0.1) is 0 Å². The van der Waals surface area contributed by atoms with Crippen LogP contribution < -0.4 is 15.8 Å². The van der Waals surface area contributed by atoms with Gasteiger partial charge in [-0.2, -0.15) is 9.61 Å². The van der Waals surface area contributed by atoms with Gasteiger partial charge in [-0.25, -0.2) is 14.8 Å². The normalized spacial score (nSPS) is 20.3. The SMILES string of the molecule is Cc1cc(N(C)CC2CNNC2c2ccc(F)cc2)n2nccc2n1. The Labute approximate surface area is 145 Å². The molecule has 1 aliphatic heterocycles. The Morgan fingerprint density at radius 3 is 2.88 bits per heavy atom. The average molecular weight is 340 g/mol. The number of aryl methyl sites for hydroxylation is 1. The minimum absolute atomic E-state index is 0.138. The van der Waals surface area contributed by atoms with Crippen molar-refractivity contribution in [2.24, 2.45) is 5.92 Å². The van der Waals surface area contributed by atoms with Gasteiger partial charge in [0.25, 0.3) is 0 Å². The first-order valence-corrected chi connectivity index (χ1v) is 8.38. The molecule has 2 aromatic heterocycles. The van der Waals surface area contributed by atoms with Crippen LogP contribution in [0.15, 0.2) is 42.6 Å². The molecular weight excluding hydrogens is 319 g/mol. The standard InChI is InChI=1S/C18H21FN6/c1-12-9-17(25-16(22-12)7-8-21-25)24(2)11-14-10-20-23-18(14)13-3-5-15(19)6-4-13/h3-9,14,18,20,23H,10-11H2,1-2H3. The number of halogens is 1. The summed E-state index contributed by atoms with van der Waals surface area (Å²) in [5.41, 5.74) is 9.44. The Balaban J connectivity index is 1.57. The van der Waals surface area contributed by atoms with Gasteiger partial charge in [-0.3, -0.25) is 5.43 Å². The summed E-state index contributed by atoms with van der Waals surface area (Å²) in [7, 11) is 2.07. The second kappa shape index (κ2) is 6.42. The third kappa shape index (κ3) is 3.08. The first-order chi connectivity index (χ1) is 12.1. The molecule has 1 aromatic carbocycles. The smallest absolute Gasteiger partial charge is 0.157 e. The van der Waals surface area contributed by atoms with Gasteiger partial charge in [-0.05, 0) is 24.6 Å². The van der Waals surface area contributed by atoms with E-state index >= 15 is 0 Å². The molecule has 0 amide bonds. The van der Waals surface area contributed by atoms with E-state index in [1.54, 1.807) is 6.20 Å². The molecule has 0 saturated carbocycles. The number of hydrogen-bond acceptors (Lipinski definition) is 5. The summed E-state index contributed by atoms with van der Waals surface area (Å²) in [4.78, 5) is 6.69. The molecule has 3 heterocycles. The summed E-state index contributed by atoms with van der Waals surface area (Å²) < 4.78 is 15.1. The summed E-state index contributed by atoms with van der Waals surface area (Å²) in [5, 5.41) is 4.38. The Hall–Kier alpha value is -2.51. The van der Waals surface area contributed by atoms with Crippen molar-refractivity contribution in [3.05, 3.63) is 59.7 Å². The van der Waals surface area contributed by atoms with Crippen LogP contribution in [0, 0.1) is 18.7 Å². The number of aromatic nitrogens is 3. The van der Waals surface area contributed by atoms with E-state index < -0.39 is 0 Å². The second-order valence-corrected chi connectivity index (χ2v) is 6.55. The van der Waals surface area contributed by atoms with Crippen molar-refractivity contribution in [3.8, 4) is 0 Å². The Kier molecular flexibility index (Phi) is 4.10. The highest BCUT2D eigenvalue weighted by atomic mass is 19.1. The molecule has 1 saturated heterocycles. The van der Waals surface area contributed by atoms with Gasteiger partial charge in [0.15, 0.2) is 5.65 Å². The van der Waals surface area contributed by atoms with Crippen LogP contribution in [0.1, 0.15) is 17.3 Å². The van der Waals surface area contributed by atoms with E-state index in [1.165, 1.54) is 12.1 Å². The molecule has 1 aliphatic rings. The average Bonchev–Trinajstić information content (AvgIpc) is 3.24. The van der Waals surface area contributed by atoms with Gasteiger partial charge in [0.05, 0.1) is 12.2 Å². The maximum atomic E-state index is 13.2. The Morgan fingerprint density at radius 1 is 1.28 bits per heavy atom. The quantitative estimate of drug-likeness (QED) is 0.762. The van der Waals surface area contributed by atoms with Crippen molar-refractivity contribution in [1.82, 2.24) is 25.4 Å². The van der Waals surface area contributed by atoms with Crippen molar-refractivity contribution in [2.75, 3.05) is 25.0 Å². The maximum absolute atomic E-state index is 13.2. The summed E-state index contributed by atoms with van der Waals surface area (Å²) in [6.45, 7) is 3.67. The monoisotopic (exact) mass is 340 g/mol. The molecule has 2 atom stereocenters. The number of rotatable bonds is 4. The summed E-state index contributed by atoms with van der Waals surface area (Å²) in [5.74, 6) is 1.14. The van der Waals surface area contributed by atoms with Crippen LogP contribution in [-0.4, -0.2) is 34.7 Å². The largest absolute Gasteiger partial charge is 0.359 e. The molecule has 0 aliphatic carbocycles. The molecule has 3 aromatic rings. The molecule has 0 bridgehead atoms. The minimum atomic E-state index is -0.211. The van der Waals surface area contributed by atoms with Crippen LogP contribution in [0.3, 0.4) is 0 Å². The predicted molar refractivity (Wildman–Crippen MR) is 94.8 cm³/mol. The number of nitrogens with one attached hydrogen (secondary N) is 2. The molecule has 2 unspecified atom stereocenters. The van der Waals surface area contributed by atoms with Gasteiger partial charge in [-0.1, -0.05) is 12.1 Å². The predicted octanol–water partition coefficient (Wildman–Crippen LogP) is 2.08. The molecule has 4 rings (SSSR count). The Morgan fingerprint density at radius 2 is 2.08 bits per heavy atom. The van der Waals surface area contributed by atoms with E-state index in [-0.39, 0.29) is 11.9 Å². The highest BCUT2D eigenvalue weighted by Gasteiger charge is 2.29. The molecule has 6 nitrogen and oxygen atoms in total. The van der Waals surface area contributed by atoms with Crippen molar-refractivity contribution >= 4 is 11.5 Å². The van der Waals surface area contributed by atoms with Crippen LogP contribution >= 0.6 is 0 Å². The fourth-order valence-electron chi connectivity index (χ4n) is 3.47. The van der Waals surface area contributed by atoms with Crippen LogP contribution in [0.5, 0.6) is 0 Å². The lowest BCUT2D eigenvalue weighted by Gasteiger charge is -2.26. The van der Waals surface area contributed by atoms with Crippen molar-refractivity contribution in [2.45, 2.75) is 13.0 Å². The Bertz CT molecular complexity index is 875. The van der Waals surface area contributed by atoms with Crippen LogP contribution in [0.2, 0.25) is 0 Å². The zero-order valence-electron chi connectivity index (χ0n) is 14.3. The molecule has 130 valence electrons.